The number of hydrogen-bond donors (Lipinski definition) is 2. The summed E-state index contributed by atoms with van der Waals surface area (Å²) in [7, 11) is 1.61. The van der Waals surface area contributed by atoms with Crippen molar-refractivity contribution in [3.05, 3.63) is 35.4 Å². The van der Waals surface area contributed by atoms with E-state index in [9.17, 15) is 9.59 Å². The number of aromatic carboxylic acids is 1. The number of likely N-dealkylation sites (N-methyl/N-ethyl adjacent to an activating group) is 2. The fourth-order valence-corrected chi connectivity index (χ4v) is 1.57. The van der Waals surface area contributed by atoms with E-state index in [0.717, 1.165) is 12.1 Å². The molecular formula is C13H18N2O3. The summed E-state index contributed by atoms with van der Waals surface area (Å²) in [6.07, 6.45) is 0. The Morgan fingerprint density at radius 2 is 1.89 bits per heavy atom. The molecule has 1 aromatic rings. The smallest absolute Gasteiger partial charge is 0.335 e. The Labute approximate surface area is 106 Å². The first-order valence-electron chi connectivity index (χ1n) is 5.82. The second kappa shape index (κ2) is 6.76. The molecule has 5 heteroatoms. The molecule has 0 saturated carbocycles. The third kappa shape index (κ3) is 4.18. The molecule has 0 radical (unpaired) electrons. The minimum absolute atomic E-state index is 0.0287. The van der Waals surface area contributed by atoms with Crippen LogP contribution in [0.15, 0.2) is 24.3 Å². The fraction of sp³-hybridized carbons (Fsp3) is 0.385. The van der Waals surface area contributed by atoms with E-state index >= 15 is 0 Å². The number of carbonyl (C=O) groups excluding carboxylic acids is 1. The number of benzene rings is 1. The summed E-state index contributed by atoms with van der Waals surface area (Å²) < 4.78 is 0. The van der Waals surface area contributed by atoms with Gasteiger partial charge in [0.1, 0.15) is 0 Å². The summed E-state index contributed by atoms with van der Waals surface area (Å²) in [5, 5.41) is 11.4. The molecule has 18 heavy (non-hydrogen) atoms. The quantitative estimate of drug-likeness (QED) is 0.788. The van der Waals surface area contributed by atoms with Crippen LogP contribution < -0.4 is 5.32 Å². The molecular weight excluding hydrogens is 232 g/mol. The molecule has 1 aromatic carbocycles. The zero-order valence-corrected chi connectivity index (χ0v) is 10.6. The SMILES string of the molecule is CCN(CC(=O)NC)Cc1ccc(C(=O)O)cc1. The lowest BCUT2D eigenvalue weighted by Gasteiger charge is -2.19. The van der Waals surface area contributed by atoms with E-state index in [-0.39, 0.29) is 11.5 Å². The molecule has 0 spiro atoms. The fourth-order valence-electron chi connectivity index (χ4n) is 1.57. The first kappa shape index (κ1) is 14.2. The van der Waals surface area contributed by atoms with E-state index in [0.29, 0.717) is 13.1 Å². The third-order valence-corrected chi connectivity index (χ3v) is 2.70. The normalized spacial score (nSPS) is 10.4. The van der Waals surface area contributed by atoms with Crippen LogP contribution in [0.2, 0.25) is 0 Å². The van der Waals surface area contributed by atoms with E-state index in [1.165, 1.54) is 0 Å². The maximum absolute atomic E-state index is 11.3. The van der Waals surface area contributed by atoms with Gasteiger partial charge in [0.2, 0.25) is 5.91 Å². The van der Waals surface area contributed by atoms with Crippen LogP contribution >= 0.6 is 0 Å². The van der Waals surface area contributed by atoms with Crippen LogP contribution in [-0.2, 0) is 11.3 Å². The van der Waals surface area contributed by atoms with Gasteiger partial charge in [0.25, 0.3) is 0 Å². The molecule has 0 aliphatic carbocycles. The molecule has 1 amide bonds. The van der Waals surface area contributed by atoms with Crippen LogP contribution in [0.1, 0.15) is 22.8 Å². The lowest BCUT2D eigenvalue weighted by Crippen LogP contribution is -2.35. The van der Waals surface area contributed by atoms with Crippen molar-refractivity contribution in [3.8, 4) is 0 Å². The van der Waals surface area contributed by atoms with Crippen molar-refractivity contribution in [2.45, 2.75) is 13.5 Å². The van der Waals surface area contributed by atoms with Crippen molar-refractivity contribution in [1.82, 2.24) is 10.2 Å². The van der Waals surface area contributed by atoms with Crippen molar-refractivity contribution in [1.29, 1.82) is 0 Å². The average molecular weight is 250 g/mol. The summed E-state index contributed by atoms with van der Waals surface area (Å²) in [5.41, 5.74) is 1.26. The van der Waals surface area contributed by atoms with Gasteiger partial charge in [0, 0.05) is 13.6 Å². The lowest BCUT2D eigenvalue weighted by molar-refractivity contribution is -0.121. The van der Waals surface area contributed by atoms with E-state index in [1.54, 1.807) is 31.3 Å². The van der Waals surface area contributed by atoms with Crippen LogP contribution in [0.4, 0.5) is 0 Å². The van der Waals surface area contributed by atoms with Gasteiger partial charge in [-0.3, -0.25) is 9.69 Å². The highest BCUT2D eigenvalue weighted by molar-refractivity contribution is 5.87. The highest BCUT2D eigenvalue weighted by Gasteiger charge is 2.09. The monoisotopic (exact) mass is 250 g/mol. The summed E-state index contributed by atoms with van der Waals surface area (Å²) in [5.74, 6) is -0.960. The molecule has 0 aromatic heterocycles. The Morgan fingerprint density at radius 3 is 2.33 bits per heavy atom. The van der Waals surface area contributed by atoms with Gasteiger partial charge >= 0.3 is 5.97 Å². The largest absolute Gasteiger partial charge is 0.478 e. The average Bonchev–Trinajstić information content (AvgIpc) is 2.38. The Balaban J connectivity index is 2.64. The summed E-state index contributed by atoms with van der Waals surface area (Å²) >= 11 is 0. The Bertz CT molecular complexity index is 415. The summed E-state index contributed by atoms with van der Waals surface area (Å²) in [4.78, 5) is 24.0. The van der Waals surface area contributed by atoms with Gasteiger partial charge < -0.3 is 10.4 Å². The van der Waals surface area contributed by atoms with Crippen molar-refractivity contribution in [3.63, 3.8) is 0 Å². The zero-order chi connectivity index (χ0) is 13.5. The molecule has 2 N–H and O–H groups in total. The molecule has 0 atom stereocenters. The van der Waals surface area contributed by atoms with Gasteiger partial charge in [-0.05, 0) is 24.2 Å². The molecule has 0 unspecified atom stereocenters. The van der Waals surface area contributed by atoms with Gasteiger partial charge in [-0.15, -0.1) is 0 Å². The second-order valence-electron chi connectivity index (χ2n) is 3.98. The zero-order valence-electron chi connectivity index (χ0n) is 10.6. The predicted octanol–water partition coefficient (Wildman–Crippen LogP) is 0.953. The minimum Gasteiger partial charge on any atom is -0.478 e. The van der Waals surface area contributed by atoms with Crippen LogP contribution in [0.25, 0.3) is 0 Å². The Hall–Kier alpha value is -1.88. The maximum Gasteiger partial charge on any atom is 0.335 e. The molecule has 0 aliphatic heterocycles. The molecule has 5 nitrogen and oxygen atoms in total. The van der Waals surface area contributed by atoms with Crippen molar-refractivity contribution in [2.75, 3.05) is 20.1 Å². The minimum atomic E-state index is -0.931. The summed E-state index contributed by atoms with van der Waals surface area (Å²) in [6, 6.07) is 6.70. The molecule has 0 fully saturated rings. The highest BCUT2D eigenvalue weighted by atomic mass is 16.4. The number of hydrogen-bond acceptors (Lipinski definition) is 3. The molecule has 0 aliphatic rings. The molecule has 0 saturated heterocycles. The second-order valence-corrected chi connectivity index (χ2v) is 3.98. The third-order valence-electron chi connectivity index (χ3n) is 2.70. The number of rotatable bonds is 6. The number of nitrogens with one attached hydrogen (secondary N) is 1. The van der Waals surface area contributed by atoms with Gasteiger partial charge in [-0.25, -0.2) is 4.79 Å². The number of carboxylic acid groups (broad SMARTS) is 1. The summed E-state index contributed by atoms with van der Waals surface area (Å²) in [6.45, 7) is 3.71. The standard InChI is InChI=1S/C13H18N2O3/c1-3-15(9-12(16)14-2)8-10-4-6-11(7-5-10)13(17)18/h4-7H,3,8-9H2,1-2H3,(H,14,16)(H,17,18). The van der Waals surface area contributed by atoms with Gasteiger partial charge in [-0.2, -0.15) is 0 Å². The van der Waals surface area contributed by atoms with E-state index < -0.39 is 5.97 Å². The topological polar surface area (TPSA) is 69.6 Å². The van der Waals surface area contributed by atoms with Crippen molar-refractivity contribution >= 4 is 11.9 Å². The number of nitrogens with zero attached hydrogens (tertiary/aromatic N) is 1. The molecule has 0 heterocycles. The van der Waals surface area contributed by atoms with Crippen molar-refractivity contribution < 1.29 is 14.7 Å². The van der Waals surface area contributed by atoms with Gasteiger partial charge in [0.15, 0.2) is 0 Å². The lowest BCUT2D eigenvalue weighted by atomic mass is 10.1. The van der Waals surface area contributed by atoms with Gasteiger partial charge in [0.05, 0.1) is 12.1 Å². The van der Waals surface area contributed by atoms with Crippen LogP contribution in [0.3, 0.4) is 0 Å². The molecule has 98 valence electrons. The van der Waals surface area contributed by atoms with Crippen LogP contribution in [0, 0.1) is 0 Å². The van der Waals surface area contributed by atoms with Gasteiger partial charge in [-0.1, -0.05) is 19.1 Å². The predicted molar refractivity (Wildman–Crippen MR) is 68.4 cm³/mol. The first-order valence-corrected chi connectivity index (χ1v) is 5.82. The molecule has 1 rings (SSSR count). The van der Waals surface area contributed by atoms with E-state index in [1.807, 2.05) is 11.8 Å². The first-order chi connectivity index (χ1) is 8.56. The Kier molecular flexibility index (Phi) is 5.32. The number of carboxylic acids is 1. The van der Waals surface area contributed by atoms with E-state index in [2.05, 4.69) is 5.32 Å². The maximum atomic E-state index is 11.3. The van der Waals surface area contributed by atoms with E-state index in [4.69, 9.17) is 5.11 Å². The number of carbonyl (C=O) groups is 2. The van der Waals surface area contributed by atoms with Crippen LogP contribution in [0.5, 0.6) is 0 Å². The molecule has 0 bridgehead atoms. The van der Waals surface area contributed by atoms with Crippen LogP contribution in [-0.4, -0.2) is 42.0 Å². The highest BCUT2D eigenvalue weighted by Crippen LogP contribution is 2.07. The Morgan fingerprint density at radius 1 is 1.28 bits per heavy atom. The number of amides is 1. The van der Waals surface area contributed by atoms with Crippen molar-refractivity contribution in [2.24, 2.45) is 0 Å².